The minimum absolute atomic E-state index is 0.778. The van der Waals surface area contributed by atoms with E-state index in [0.29, 0.717) is 0 Å². The molecule has 0 radical (unpaired) electrons. The largest absolute Gasteiger partial charge is 0.383 e. The van der Waals surface area contributed by atoms with Gasteiger partial charge in [-0.2, -0.15) is 0 Å². The number of hydrogen-bond donors (Lipinski definition) is 1. The third-order valence-electron chi connectivity index (χ3n) is 3.92. The average Bonchev–Trinajstić information content (AvgIpc) is 2.88. The lowest BCUT2D eigenvalue weighted by atomic mass is 9.89. The van der Waals surface area contributed by atoms with Gasteiger partial charge >= 0.3 is 0 Å². The Morgan fingerprint density at radius 2 is 2.38 bits per heavy atom. The number of fused-ring (bicyclic) bond motifs is 2. The molecule has 2 heterocycles. The van der Waals surface area contributed by atoms with Crippen molar-refractivity contribution in [3.63, 3.8) is 0 Å². The maximum atomic E-state index is 5.15. The first kappa shape index (κ1) is 12.1. The molecule has 0 saturated carbocycles. The number of hydrogen-bond acceptors (Lipinski definition) is 3. The molecule has 2 rings (SSSR count). The molecule has 0 aromatic heterocycles. The van der Waals surface area contributed by atoms with Crippen molar-refractivity contribution in [1.82, 2.24) is 10.2 Å². The van der Waals surface area contributed by atoms with Crippen LogP contribution in [0, 0.1) is 5.92 Å². The Balaban J connectivity index is 1.78. The van der Waals surface area contributed by atoms with Gasteiger partial charge in [0.15, 0.2) is 0 Å². The molecule has 3 heteroatoms. The highest BCUT2D eigenvalue weighted by Crippen LogP contribution is 2.33. The summed E-state index contributed by atoms with van der Waals surface area (Å²) in [6.45, 7) is 7.86. The van der Waals surface area contributed by atoms with E-state index >= 15 is 0 Å². The van der Waals surface area contributed by atoms with E-state index < -0.39 is 0 Å². The first-order valence-electron chi connectivity index (χ1n) is 6.41. The molecule has 3 nitrogen and oxygen atoms in total. The van der Waals surface area contributed by atoms with E-state index in [1.807, 2.05) is 6.08 Å². The molecule has 92 valence electrons. The van der Waals surface area contributed by atoms with Crippen molar-refractivity contribution in [2.75, 3.05) is 33.4 Å². The van der Waals surface area contributed by atoms with Gasteiger partial charge in [-0.15, -0.1) is 6.58 Å². The summed E-state index contributed by atoms with van der Waals surface area (Å²) in [6.07, 6.45) is 6.13. The van der Waals surface area contributed by atoms with E-state index in [9.17, 15) is 0 Å². The zero-order valence-electron chi connectivity index (χ0n) is 10.3. The Labute approximate surface area is 98.8 Å². The van der Waals surface area contributed by atoms with Crippen molar-refractivity contribution in [3.8, 4) is 0 Å². The first-order valence-corrected chi connectivity index (χ1v) is 6.41. The molecule has 0 aliphatic carbocycles. The maximum absolute atomic E-state index is 5.15. The van der Waals surface area contributed by atoms with Gasteiger partial charge in [-0.3, -0.25) is 4.90 Å². The quantitative estimate of drug-likeness (QED) is 0.659. The first-order chi connectivity index (χ1) is 7.83. The van der Waals surface area contributed by atoms with Crippen LogP contribution in [0.15, 0.2) is 12.7 Å². The Bertz CT molecular complexity index is 232. The molecule has 3 atom stereocenters. The summed E-state index contributed by atoms with van der Waals surface area (Å²) in [5.41, 5.74) is 0. The van der Waals surface area contributed by atoms with Gasteiger partial charge in [0.1, 0.15) is 0 Å². The molecule has 0 aromatic carbocycles. The third kappa shape index (κ3) is 2.84. The zero-order chi connectivity index (χ0) is 11.4. The predicted octanol–water partition coefficient (Wildman–Crippen LogP) is 1.26. The fourth-order valence-electron chi connectivity index (χ4n) is 3.13. The molecule has 2 bridgehead atoms. The van der Waals surface area contributed by atoms with E-state index in [2.05, 4.69) is 16.8 Å². The summed E-state index contributed by atoms with van der Waals surface area (Å²) >= 11 is 0. The van der Waals surface area contributed by atoms with Gasteiger partial charge in [0.05, 0.1) is 6.61 Å². The van der Waals surface area contributed by atoms with E-state index in [1.165, 1.54) is 25.8 Å². The minimum atomic E-state index is 0.778. The Morgan fingerprint density at radius 1 is 1.50 bits per heavy atom. The molecule has 2 saturated heterocycles. The normalized spacial score (nSPS) is 32.5. The van der Waals surface area contributed by atoms with Gasteiger partial charge in [0, 0.05) is 38.8 Å². The Hall–Kier alpha value is -0.380. The smallest absolute Gasteiger partial charge is 0.0589 e. The molecule has 0 amide bonds. The second kappa shape index (κ2) is 5.80. The molecule has 0 aromatic rings. The molecule has 2 fully saturated rings. The number of nitrogens with one attached hydrogen (secondary N) is 1. The van der Waals surface area contributed by atoms with Crippen molar-refractivity contribution in [2.45, 2.75) is 31.3 Å². The fourth-order valence-corrected chi connectivity index (χ4v) is 3.13. The summed E-state index contributed by atoms with van der Waals surface area (Å²) in [7, 11) is 1.77. The highest BCUT2D eigenvalue weighted by molar-refractivity contribution is 4.98. The van der Waals surface area contributed by atoms with Crippen molar-refractivity contribution in [3.05, 3.63) is 12.7 Å². The number of ether oxygens (including phenoxy) is 1. The van der Waals surface area contributed by atoms with E-state index in [4.69, 9.17) is 4.74 Å². The lowest BCUT2D eigenvalue weighted by Crippen LogP contribution is -2.37. The van der Waals surface area contributed by atoms with Crippen LogP contribution >= 0.6 is 0 Å². The molecule has 3 unspecified atom stereocenters. The number of rotatable bonds is 7. The predicted molar refractivity (Wildman–Crippen MR) is 66.6 cm³/mol. The van der Waals surface area contributed by atoms with E-state index in [0.717, 1.165) is 37.7 Å². The monoisotopic (exact) mass is 224 g/mol. The van der Waals surface area contributed by atoms with Crippen LogP contribution in [0.3, 0.4) is 0 Å². The van der Waals surface area contributed by atoms with Crippen molar-refractivity contribution in [2.24, 2.45) is 5.92 Å². The summed E-state index contributed by atoms with van der Waals surface area (Å²) in [6, 6.07) is 1.59. The third-order valence-corrected chi connectivity index (χ3v) is 3.92. The summed E-state index contributed by atoms with van der Waals surface area (Å²) in [4.78, 5) is 2.46. The molecular weight excluding hydrogens is 200 g/mol. The Kier molecular flexibility index (Phi) is 4.38. The molecule has 16 heavy (non-hydrogen) atoms. The SMILES string of the molecule is C=CCN(CCOC)CC1CC2CCC1N2. The second-order valence-corrected chi connectivity index (χ2v) is 5.08. The van der Waals surface area contributed by atoms with Crippen molar-refractivity contribution in [1.29, 1.82) is 0 Å². The van der Waals surface area contributed by atoms with Crippen LogP contribution in [-0.2, 0) is 4.74 Å². The molecule has 2 aliphatic heterocycles. The standard InChI is InChI=1S/C13H24N2O/c1-3-6-15(7-8-16-2)10-11-9-12-4-5-13(11)14-12/h3,11-14H,1,4-10H2,2H3. The van der Waals surface area contributed by atoms with Gasteiger partial charge in [-0.05, 0) is 25.2 Å². The topological polar surface area (TPSA) is 24.5 Å². The van der Waals surface area contributed by atoms with Crippen LogP contribution < -0.4 is 5.32 Å². The molecular formula is C13H24N2O. The summed E-state index contributed by atoms with van der Waals surface area (Å²) in [5.74, 6) is 0.843. The Morgan fingerprint density at radius 3 is 2.94 bits per heavy atom. The van der Waals surface area contributed by atoms with Crippen LogP contribution in [-0.4, -0.2) is 50.3 Å². The number of methoxy groups -OCH3 is 1. The summed E-state index contributed by atoms with van der Waals surface area (Å²) < 4.78 is 5.15. The molecule has 1 N–H and O–H groups in total. The highest BCUT2D eigenvalue weighted by atomic mass is 16.5. The number of nitrogens with zero attached hydrogens (tertiary/aromatic N) is 1. The van der Waals surface area contributed by atoms with Crippen LogP contribution in [0.5, 0.6) is 0 Å². The molecule has 2 aliphatic rings. The lowest BCUT2D eigenvalue weighted by molar-refractivity contribution is 0.139. The fraction of sp³-hybridized carbons (Fsp3) is 0.846. The van der Waals surface area contributed by atoms with Gasteiger partial charge in [0.25, 0.3) is 0 Å². The molecule has 0 spiro atoms. The van der Waals surface area contributed by atoms with Gasteiger partial charge < -0.3 is 10.1 Å². The second-order valence-electron chi connectivity index (χ2n) is 5.08. The average molecular weight is 224 g/mol. The maximum Gasteiger partial charge on any atom is 0.0589 e. The van der Waals surface area contributed by atoms with Crippen LogP contribution in [0.2, 0.25) is 0 Å². The van der Waals surface area contributed by atoms with Crippen molar-refractivity contribution < 1.29 is 4.74 Å². The summed E-state index contributed by atoms with van der Waals surface area (Å²) in [5, 5.41) is 3.70. The van der Waals surface area contributed by atoms with Crippen LogP contribution in [0.1, 0.15) is 19.3 Å². The highest BCUT2D eigenvalue weighted by Gasteiger charge is 2.39. The zero-order valence-corrected chi connectivity index (χ0v) is 10.3. The lowest BCUT2D eigenvalue weighted by Gasteiger charge is -2.28. The minimum Gasteiger partial charge on any atom is -0.383 e. The van der Waals surface area contributed by atoms with Crippen LogP contribution in [0.25, 0.3) is 0 Å². The van der Waals surface area contributed by atoms with Gasteiger partial charge in [-0.1, -0.05) is 6.08 Å². The van der Waals surface area contributed by atoms with E-state index in [1.54, 1.807) is 7.11 Å². The van der Waals surface area contributed by atoms with Crippen LogP contribution in [0.4, 0.5) is 0 Å². The van der Waals surface area contributed by atoms with Crippen molar-refractivity contribution >= 4 is 0 Å². The van der Waals surface area contributed by atoms with Gasteiger partial charge in [0.2, 0.25) is 0 Å². The van der Waals surface area contributed by atoms with Gasteiger partial charge in [-0.25, -0.2) is 0 Å². The van der Waals surface area contributed by atoms with E-state index in [-0.39, 0.29) is 0 Å².